The van der Waals surface area contributed by atoms with Crippen molar-refractivity contribution in [2.45, 2.75) is 39.5 Å². The molecular formula is C17H28N2O. The highest BCUT2D eigenvalue weighted by Crippen LogP contribution is 2.27. The van der Waals surface area contributed by atoms with Gasteiger partial charge in [-0.3, -0.25) is 4.79 Å². The molecule has 0 radical (unpaired) electrons. The first-order valence-electron chi connectivity index (χ1n) is 7.17. The Morgan fingerprint density at radius 3 is 2.20 bits per heavy atom. The zero-order chi connectivity index (χ0) is 15.4. The van der Waals surface area contributed by atoms with Crippen LogP contribution in [0.25, 0.3) is 0 Å². The monoisotopic (exact) mass is 276 g/mol. The molecule has 0 fully saturated rings. The summed E-state index contributed by atoms with van der Waals surface area (Å²) < 4.78 is 0. The van der Waals surface area contributed by atoms with E-state index in [1.165, 1.54) is 5.56 Å². The van der Waals surface area contributed by atoms with Crippen LogP contribution >= 0.6 is 0 Å². The predicted molar refractivity (Wildman–Crippen MR) is 84.6 cm³/mol. The molecule has 0 saturated heterocycles. The minimum atomic E-state index is -0.153. The lowest BCUT2D eigenvalue weighted by Crippen LogP contribution is -2.41. The topological polar surface area (TPSA) is 46.3 Å². The Bertz CT molecular complexity index is 438. The first-order chi connectivity index (χ1) is 9.18. The van der Waals surface area contributed by atoms with Crippen LogP contribution in [0, 0.1) is 5.41 Å². The second kappa shape index (κ2) is 6.40. The van der Waals surface area contributed by atoms with Crippen LogP contribution in [0.1, 0.15) is 39.7 Å². The van der Waals surface area contributed by atoms with Crippen LogP contribution in [0.2, 0.25) is 0 Å². The lowest BCUT2D eigenvalue weighted by molar-refractivity contribution is -0.132. The molecule has 0 unspecified atom stereocenters. The molecule has 0 heterocycles. The first kappa shape index (κ1) is 16.7. The van der Waals surface area contributed by atoms with Crippen molar-refractivity contribution >= 4 is 5.91 Å². The highest BCUT2D eigenvalue weighted by atomic mass is 16.2. The fourth-order valence-corrected chi connectivity index (χ4v) is 2.30. The highest BCUT2D eigenvalue weighted by Gasteiger charge is 2.28. The summed E-state index contributed by atoms with van der Waals surface area (Å²) in [5.41, 5.74) is 6.74. The summed E-state index contributed by atoms with van der Waals surface area (Å²) in [5.74, 6) is 0.167. The van der Waals surface area contributed by atoms with Crippen LogP contribution in [0.5, 0.6) is 0 Å². The summed E-state index contributed by atoms with van der Waals surface area (Å²) in [7, 11) is 1.86. The molecule has 1 rings (SSSR count). The molecule has 3 heteroatoms. The average molecular weight is 276 g/mol. The van der Waals surface area contributed by atoms with E-state index in [4.69, 9.17) is 5.73 Å². The van der Waals surface area contributed by atoms with Crippen molar-refractivity contribution in [1.82, 2.24) is 4.90 Å². The Morgan fingerprint density at radius 1 is 1.15 bits per heavy atom. The lowest BCUT2D eigenvalue weighted by atomic mass is 9.81. The predicted octanol–water partition coefficient (Wildman–Crippen LogP) is 2.80. The zero-order valence-corrected chi connectivity index (χ0v) is 13.4. The van der Waals surface area contributed by atoms with Gasteiger partial charge in [-0.15, -0.1) is 0 Å². The second-order valence-corrected chi connectivity index (χ2v) is 7.04. The zero-order valence-electron chi connectivity index (χ0n) is 13.4. The van der Waals surface area contributed by atoms with Gasteiger partial charge in [0.05, 0.1) is 0 Å². The molecule has 1 amide bonds. The van der Waals surface area contributed by atoms with E-state index in [1.807, 2.05) is 25.2 Å². The van der Waals surface area contributed by atoms with Crippen molar-refractivity contribution in [1.29, 1.82) is 0 Å². The molecule has 0 aliphatic carbocycles. The number of carbonyl (C=O) groups excluding carboxylic acids is 1. The van der Waals surface area contributed by atoms with Gasteiger partial charge in [0.1, 0.15) is 0 Å². The number of amides is 1. The molecule has 0 atom stereocenters. The third-order valence-corrected chi connectivity index (χ3v) is 3.79. The molecule has 1 aromatic rings. The maximum absolute atomic E-state index is 12.4. The van der Waals surface area contributed by atoms with Gasteiger partial charge in [-0.05, 0) is 22.9 Å². The maximum atomic E-state index is 12.4. The Morgan fingerprint density at radius 2 is 1.70 bits per heavy atom. The summed E-state index contributed by atoms with van der Waals surface area (Å²) in [4.78, 5) is 14.2. The van der Waals surface area contributed by atoms with E-state index in [0.717, 1.165) is 0 Å². The number of nitrogens with zero attached hydrogens (tertiary/aromatic N) is 1. The third-order valence-electron chi connectivity index (χ3n) is 3.79. The number of rotatable bonds is 6. The Labute approximate surface area is 123 Å². The molecule has 1 aromatic carbocycles. The van der Waals surface area contributed by atoms with Crippen molar-refractivity contribution < 1.29 is 4.79 Å². The Balaban J connectivity index is 2.70. The molecule has 0 aliphatic heterocycles. The van der Waals surface area contributed by atoms with Crippen LogP contribution in [0.15, 0.2) is 30.3 Å². The minimum Gasteiger partial charge on any atom is -0.345 e. The van der Waals surface area contributed by atoms with Gasteiger partial charge >= 0.3 is 0 Å². The minimum absolute atomic E-state index is 0.0404. The SMILES string of the molecule is CN(CC(C)(C)CN)C(=O)CC(C)(C)c1ccccc1. The quantitative estimate of drug-likeness (QED) is 0.868. The molecule has 112 valence electrons. The van der Waals surface area contributed by atoms with E-state index < -0.39 is 0 Å². The van der Waals surface area contributed by atoms with Crippen LogP contribution in [0.4, 0.5) is 0 Å². The van der Waals surface area contributed by atoms with Gasteiger partial charge in [-0.1, -0.05) is 58.0 Å². The molecule has 0 saturated carbocycles. The second-order valence-electron chi connectivity index (χ2n) is 7.04. The molecule has 3 nitrogen and oxygen atoms in total. The van der Waals surface area contributed by atoms with Crippen molar-refractivity contribution in [3.05, 3.63) is 35.9 Å². The van der Waals surface area contributed by atoms with E-state index in [-0.39, 0.29) is 16.7 Å². The molecular weight excluding hydrogens is 248 g/mol. The van der Waals surface area contributed by atoms with Gasteiger partial charge < -0.3 is 10.6 Å². The average Bonchev–Trinajstić information content (AvgIpc) is 2.38. The molecule has 20 heavy (non-hydrogen) atoms. The van der Waals surface area contributed by atoms with Gasteiger partial charge in [0.15, 0.2) is 0 Å². The van der Waals surface area contributed by atoms with Crippen LogP contribution in [-0.2, 0) is 10.2 Å². The normalized spacial score (nSPS) is 12.3. The Hall–Kier alpha value is -1.35. The van der Waals surface area contributed by atoms with E-state index in [9.17, 15) is 4.79 Å². The number of hydrogen-bond acceptors (Lipinski definition) is 2. The van der Waals surface area contributed by atoms with Crippen molar-refractivity contribution in [3.63, 3.8) is 0 Å². The third kappa shape index (κ3) is 4.64. The van der Waals surface area contributed by atoms with Crippen molar-refractivity contribution in [3.8, 4) is 0 Å². The largest absolute Gasteiger partial charge is 0.345 e. The van der Waals surface area contributed by atoms with E-state index >= 15 is 0 Å². The van der Waals surface area contributed by atoms with Crippen molar-refractivity contribution in [2.24, 2.45) is 11.1 Å². The molecule has 0 aliphatic rings. The van der Waals surface area contributed by atoms with Gasteiger partial charge in [-0.25, -0.2) is 0 Å². The maximum Gasteiger partial charge on any atom is 0.223 e. The first-order valence-corrected chi connectivity index (χ1v) is 7.17. The molecule has 0 bridgehead atoms. The van der Waals surface area contributed by atoms with E-state index in [1.54, 1.807) is 4.90 Å². The van der Waals surface area contributed by atoms with Gasteiger partial charge in [0.2, 0.25) is 5.91 Å². The van der Waals surface area contributed by atoms with Gasteiger partial charge in [0.25, 0.3) is 0 Å². The van der Waals surface area contributed by atoms with Crippen LogP contribution < -0.4 is 5.73 Å². The summed E-state index contributed by atoms with van der Waals surface area (Å²) in [6.45, 7) is 9.66. The summed E-state index contributed by atoms with van der Waals surface area (Å²) >= 11 is 0. The van der Waals surface area contributed by atoms with E-state index in [0.29, 0.717) is 19.5 Å². The molecule has 2 N–H and O–H groups in total. The highest BCUT2D eigenvalue weighted by molar-refractivity contribution is 5.77. The number of nitrogens with two attached hydrogens (primary N) is 1. The van der Waals surface area contributed by atoms with Crippen LogP contribution in [-0.4, -0.2) is 30.9 Å². The van der Waals surface area contributed by atoms with E-state index in [2.05, 4.69) is 39.8 Å². The molecule has 0 aromatic heterocycles. The number of benzene rings is 1. The summed E-state index contributed by atoms with van der Waals surface area (Å²) in [5, 5.41) is 0. The standard InChI is InChI=1S/C17H28N2O/c1-16(2,12-18)13-19(5)15(20)11-17(3,4)14-9-7-6-8-10-14/h6-10H,11-13,18H2,1-5H3. The summed E-state index contributed by atoms with van der Waals surface area (Å²) in [6.07, 6.45) is 0.508. The fraction of sp³-hybridized carbons (Fsp3) is 0.588. The molecule has 0 spiro atoms. The lowest BCUT2D eigenvalue weighted by Gasteiger charge is -2.32. The van der Waals surface area contributed by atoms with Crippen LogP contribution in [0.3, 0.4) is 0 Å². The van der Waals surface area contributed by atoms with Gasteiger partial charge in [0, 0.05) is 20.0 Å². The van der Waals surface area contributed by atoms with Crippen molar-refractivity contribution in [2.75, 3.05) is 20.1 Å². The van der Waals surface area contributed by atoms with Gasteiger partial charge in [-0.2, -0.15) is 0 Å². The summed E-state index contributed by atoms with van der Waals surface area (Å²) in [6, 6.07) is 10.2. The Kier molecular flexibility index (Phi) is 5.35. The smallest absolute Gasteiger partial charge is 0.223 e. The fourth-order valence-electron chi connectivity index (χ4n) is 2.30. The number of hydrogen-bond donors (Lipinski definition) is 1. The number of carbonyl (C=O) groups is 1.